The van der Waals surface area contributed by atoms with Crippen molar-refractivity contribution < 1.29 is 9.59 Å². The summed E-state index contributed by atoms with van der Waals surface area (Å²) >= 11 is 0. The summed E-state index contributed by atoms with van der Waals surface area (Å²) in [6, 6.07) is 26.5. The maximum Gasteiger partial charge on any atom is 0.259 e. The number of rotatable bonds is 5. The molecule has 4 aromatic rings. The molecule has 0 saturated carbocycles. The average Bonchev–Trinajstić information content (AvgIpc) is 3.56. The minimum Gasteiger partial charge on any atom is -0.339 e. The molecule has 164 valence electrons. The highest BCUT2D eigenvalue weighted by Gasteiger charge is 2.21. The van der Waals surface area contributed by atoms with Crippen LogP contribution >= 0.6 is 0 Å². The van der Waals surface area contributed by atoms with Gasteiger partial charge in [0.05, 0.1) is 11.3 Å². The molecule has 0 aliphatic carbocycles. The first kappa shape index (κ1) is 20.7. The molecule has 33 heavy (non-hydrogen) atoms. The van der Waals surface area contributed by atoms with E-state index >= 15 is 0 Å². The number of hydrogen-bond acceptors (Lipinski definition) is 3. The molecular weight excluding hydrogens is 412 g/mol. The molecule has 1 aromatic heterocycles. The highest BCUT2D eigenvalue weighted by Crippen LogP contribution is 2.25. The van der Waals surface area contributed by atoms with Crippen LogP contribution in [0.15, 0.2) is 91.1 Å². The number of carbonyl (C=O) groups is 2. The van der Waals surface area contributed by atoms with Gasteiger partial charge in [0.15, 0.2) is 0 Å². The molecule has 1 aliphatic heterocycles. The normalized spacial score (nSPS) is 13.2. The van der Waals surface area contributed by atoms with Gasteiger partial charge in [-0.2, -0.15) is 5.10 Å². The molecule has 0 unspecified atom stereocenters. The molecule has 0 radical (unpaired) electrons. The van der Waals surface area contributed by atoms with Crippen LogP contribution in [0.25, 0.3) is 16.9 Å². The number of anilines is 1. The van der Waals surface area contributed by atoms with E-state index in [0.29, 0.717) is 22.5 Å². The van der Waals surface area contributed by atoms with E-state index in [1.54, 1.807) is 35.1 Å². The molecule has 6 nitrogen and oxygen atoms in total. The Morgan fingerprint density at radius 2 is 1.52 bits per heavy atom. The lowest BCUT2D eigenvalue weighted by atomic mass is 10.1. The molecule has 0 bridgehead atoms. The lowest BCUT2D eigenvalue weighted by molar-refractivity contribution is 0.0792. The molecule has 1 N–H and O–H groups in total. The van der Waals surface area contributed by atoms with Crippen molar-refractivity contribution in [3.63, 3.8) is 0 Å². The summed E-state index contributed by atoms with van der Waals surface area (Å²) in [5.74, 6) is -0.271. The molecule has 2 amide bonds. The Morgan fingerprint density at radius 3 is 2.24 bits per heavy atom. The van der Waals surface area contributed by atoms with Crippen LogP contribution in [-0.4, -0.2) is 39.6 Å². The minimum absolute atomic E-state index is 0.00507. The van der Waals surface area contributed by atoms with Crippen molar-refractivity contribution in [1.29, 1.82) is 0 Å². The van der Waals surface area contributed by atoms with Crippen molar-refractivity contribution in [1.82, 2.24) is 14.7 Å². The van der Waals surface area contributed by atoms with E-state index in [1.165, 1.54) is 0 Å². The number of aromatic nitrogens is 2. The number of nitrogens with zero attached hydrogens (tertiary/aromatic N) is 3. The van der Waals surface area contributed by atoms with Crippen LogP contribution < -0.4 is 5.32 Å². The van der Waals surface area contributed by atoms with Gasteiger partial charge in [0.25, 0.3) is 11.8 Å². The summed E-state index contributed by atoms with van der Waals surface area (Å²) in [6.07, 6.45) is 3.82. The van der Waals surface area contributed by atoms with Crippen LogP contribution in [0.1, 0.15) is 33.6 Å². The predicted molar refractivity (Wildman–Crippen MR) is 129 cm³/mol. The number of amides is 2. The first-order valence-electron chi connectivity index (χ1n) is 11.1. The third-order valence-electron chi connectivity index (χ3n) is 5.79. The van der Waals surface area contributed by atoms with E-state index in [0.717, 1.165) is 37.2 Å². The fourth-order valence-corrected chi connectivity index (χ4v) is 4.09. The molecule has 1 aliphatic rings. The third kappa shape index (κ3) is 4.41. The maximum absolute atomic E-state index is 13.3. The lowest BCUT2D eigenvalue weighted by Gasteiger charge is -2.15. The van der Waals surface area contributed by atoms with Crippen molar-refractivity contribution >= 4 is 17.5 Å². The van der Waals surface area contributed by atoms with Gasteiger partial charge in [-0.05, 0) is 43.2 Å². The van der Waals surface area contributed by atoms with E-state index in [-0.39, 0.29) is 11.8 Å². The first-order chi connectivity index (χ1) is 16.2. The van der Waals surface area contributed by atoms with Gasteiger partial charge in [-0.1, -0.05) is 54.6 Å². The highest BCUT2D eigenvalue weighted by atomic mass is 16.2. The summed E-state index contributed by atoms with van der Waals surface area (Å²) in [5, 5.41) is 7.66. The minimum atomic E-state index is -0.276. The van der Waals surface area contributed by atoms with Crippen molar-refractivity contribution in [3.8, 4) is 16.9 Å². The Bertz CT molecular complexity index is 1280. The van der Waals surface area contributed by atoms with Gasteiger partial charge in [-0.25, -0.2) is 4.68 Å². The fraction of sp³-hybridized carbons (Fsp3) is 0.148. The summed E-state index contributed by atoms with van der Waals surface area (Å²) in [5.41, 5.74) is 3.94. The van der Waals surface area contributed by atoms with Gasteiger partial charge in [-0.15, -0.1) is 0 Å². The number of nitrogens with one attached hydrogen (secondary N) is 1. The first-order valence-corrected chi connectivity index (χ1v) is 11.1. The molecular formula is C27H24N4O2. The Balaban J connectivity index is 1.45. The zero-order chi connectivity index (χ0) is 22.6. The largest absolute Gasteiger partial charge is 0.339 e. The predicted octanol–water partition coefficient (Wildman–Crippen LogP) is 5.03. The molecule has 2 heterocycles. The fourth-order valence-electron chi connectivity index (χ4n) is 4.09. The highest BCUT2D eigenvalue weighted by molar-refractivity contribution is 6.08. The van der Waals surface area contributed by atoms with Crippen molar-refractivity contribution in [2.75, 3.05) is 18.4 Å². The Morgan fingerprint density at radius 1 is 0.818 bits per heavy atom. The SMILES string of the molecule is O=C(Nc1cccc(C(=O)N2CCCC2)c1)c1cn(-c2ccccc2)nc1-c1ccccc1. The van der Waals surface area contributed by atoms with Crippen LogP contribution in [0, 0.1) is 0 Å². The summed E-state index contributed by atoms with van der Waals surface area (Å²) in [6.45, 7) is 1.57. The molecule has 6 heteroatoms. The number of hydrogen-bond donors (Lipinski definition) is 1. The molecule has 0 atom stereocenters. The smallest absolute Gasteiger partial charge is 0.259 e. The number of benzene rings is 3. The number of para-hydroxylation sites is 1. The second-order valence-electron chi connectivity index (χ2n) is 8.07. The molecule has 0 spiro atoms. The maximum atomic E-state index is 13.3. The van der Waals surface area contributed by atoms with Crippen molar-refractivity contribution in [2.45, 2.75) is 12.8 Å². The molecule has 5 rings (SSSR count). The van der Waals surface area contributed by atoms with Crippen LogP contribution in [0.5, 0.6) is 0 Å². The standard InChI is InChI=1S/C27H24N4O2/c32-26(28-22-13-9-12-21(18-22)27(33)30-16-7-8-17-30)24-19-31(23-14-5-2-6-15-23)29-25(24)20-10-3-1-4-11-20/h1-6,9-15,18-19H,7-8,16-17H2,(H,28,32). The summed E-state index contributed by atoms with van der Waals surface area (Å²) < 4.78 is 1.71. The van der Waals surface area contributed by atoms with Crippen LogP contribution in [0.3, 0.4) is 0 Å². The van der Waals surface area contributed by atoms with Crippen LogP contribution in [-0.2, 0) is 0 Å². The number of carbonyl (C=O) groups excluding carboxylic acids is 2. The Kier molecular flexibility index (Phi) is 5.72. The topological polar surface area (TPSA) is 67.2 Å². The van der Waals surface area contributed by atoms with Crippen LogP contribution in [0.4, 0.5) is 5.69 Å². The van der Waals surface area contributed by atoms with E-state index < -0.39 is 0 Å². The van der Waals surface area contributed by atoms with E-state index in [1.807, 2.05) is 65.6 Å². The average molecular weight is 437 g/mol. The van der Waals surface area contributed by atoms with E-state index in [4.69, 9.17) is 5.10 Å². The number of likely N-dealkylation sites (tertiary alicyclic amines) is 1. The zero-order valence-electron chi connectivity index (χ0n) is 18.1. The molecule has 1 saturated heterocycles. The summed E-state index contributed by atoms with van der Waals surface area (Å²) in [4.78, 5) is 27.9. The van der Waals surface area contributed by atoms with Crippen LogP contribution in [0.2, 0.25) is 0 Å². The third-order valence-corrected chi connectivity index (χ3v) is 5.79. The lowest BCUT2D eigenvalue weighted by Crippen LogP contribution is -2.27. The van der Waals surface area contributed by atoms with Gasteiger partial charge in [0, 0.05) is 36.1 Å². The quantitative estimate of drug-likeness (QED) is 0.477. The van der Waals surface area contributed by atoms with Crippen molar-refractivity contribution in [3.05, 3.63) is 102 Å². The molecule has 1 fully saturated rings. The molecule has 3 aromatic carbocycles. The second-order valence-corrected chi connectivity index (χ2v) is 8.07. The summed E-state index contributed by atoms with van der Waals surface area (Å²) in [7, 11) is 0. The monoisotopic (exact) mass is 436 g/mol. The van der Waals surface area contributed by atoms with Gasteiger partial charge in [0.2, 0.25) is 0 Å². The Labute approximate surface area is 192 Å². The van der Waals surface area contributed by atoms with E-state index in [9.17, 15) is 9.59 Å². The van der Waals surface area contributed by atoms with Gasteiger partial charge >= 0.3 is 0 Å². The van der Waals surface area contributed by atoms with E-state index in [2.05, 4.69) is 5.32 Å². The second kappa shape index (κ2) is 9.12. The zero-order valence-corrected chi connectivity index (χ0v) is 18.1. The van der Waals surface area contributed by atoms with Gasteiger partial charge < -0.3 is 10.2 Å². The Hall–Kier alpha value is -4.19. The van der Waals surface area contributed by atoms with Gasteiger partial charge in [0.1, 0.15) is 5.69 Å². The van der Waals surface area contributed by atoms with Gasteiger partial charge in [-0.3, -0.25) is 9.59 Å². The van der Waals surface area contributed by atoms with Crippen molar-refractivity contribution in [2.24, 2.45) is 0 Å².